The summed E-state index contributed by atoms with van der Waals surface area (Å²) < 4.78 is 0. The van der Waals surface area contributed by atoms with Gasteiger partial charge in [0, 0.05) is 11.9 Å². The van der Waals surface area contributed by atoms with Crippen LogP contribution in [0.3, 0.4) is 0 Å². The van der Waals surface area contributed by atoms with Crippen molar-refractivity contribution < 1.29 is 0 Å². The molecule has 1 aromatic rings. The zero-order valence-corrected chi connectivity index (χ0v) is 8.24. The topological polar surface area (TPSA) is 77.8 Å². The van der Waals surface area contributed by atoms with E-state index in [4.69, 9.17) is 11.5 Å². The lowest BCUT2D eigenvalue weighted by atomic mass is 9.84. The Hall–Kier alpha value is -1.16. The van der Waals surface area contributed by atoms with E-state index in [1.165, 1.54) is 18.4 Å². The number of anilines is 1. The van der Waals surface area contributed by atoms with Crippen LogP contribution in [0.15, 0.2) is 6.20 Å². The van der Waals surface area contributed by atoms with Gasteiger partial charge in [-0.3, -0.25) is 0 Å². The molecule has 1 heterocycles. The van der Waals surface area contributed by atoms with Crippen LogP contribution in [0.1, 0.15) is 36.4 Å². The second kappa shape index (κ2) is 3.92. The monoisotopic (exact) mass is 192 g/mol. The average Bonchev–Trinajstić information content (AvgIpc) is 2.18. The first-order chi connectivity index (χ1) is 6.81. The molecule has 76 valence electrons. The highest BCUT2D eigenvalue weighted by Crippen LogP contribution is 2.32. The Morgan fingerprint density at radius 1 is 1.50 bits per heavy atom. The van der Waals surface area contributed by atoms with Crippen molar-refractivity contribution in [3.63, 3.8) is 0 Å². The number of rotatable bonds is 2. The fourth-order valence-corrected chi connectivity index (χ4v) is 2.16. The summed E-state index contributed by atoms with van der Waals surface area (Å²) >= 11 is 0. The van der Waals surface area contributed by atoms with Crippen molar-refractivity contribution in [3.8, 4) is 0 Å². The molecule has 1 aliphatic rings. The number of nitrogens with two attached hydrogens (primary N) is 2. The summed E-state index contributed by atoms with van der Waals surface area (Å²) in [5, 5.41) is 0. The Labute approximate surface area is 83.7 Å². The Kier molecular flexibility index (Phi) is 2.63. The molecule has 4 nitrogen and oxygen atoms in total. The zero-order valence-electron chi connectivity index (χ0n) is 8.24. The molecule has 14 heavy (non-hydrogen) atoms. The van der Waals surface area contributed by atoms with Gasteiger partial charge in [0.25, 0.3) is 0 Å². The smallest absolute Gasteiger partial charge is 0.220 e. The Morgan fingerprint density at radius 2 is 2.36 bits per heavy atom. The van der Waals surface area contributed by atoms with Gasteiger partial charge >= 0.3 is 0 Å². The number of hydrogen-bond acceptors (Lipinski definition) is 4. The first-order valence-electron chi connectivity index (χ1n) is 5.12. The van der Waals surface area contributed by atoms with Crippen molar-refractivity contribution in [2.45, 2.75) is 31.6 Å². The largest absolute Gasteiger partial charge is 0.368 e. The maximum Gasteiger partial charge on any atom is 0.220 e. The molecule has 4 heteroatoms. The van der Waals surface area contributed by atoms with Gasteiger partial charge in [0.1, 0.15) is 0 Å². The van der Waals surface area contributed by atoms with Crippen molar-refractivity contribution in [2.75, 3.05) is 12.3 Å². The van der Waals surface area contributed by atoms with Gasteiger partial charge in [-0.1, -0.05) is 0 Å². The van der Waals surface area contributed by atoms with Gasteiger partial charge in [-0.15, -0.1) is 0 Å². The summed E-state index contributed by atoms with van der Waals surface area (Å²) in [5.74, 6) is 0.932. The molecule has 2 rings (SSSR count). The van der Waals surface area contributed by atoms with Crippen LogP contribution in [0.4, 0.5) is 5.95 Å². The molecule has 0 spiro atoms. The van der Waals surface area contributed by atoms with Gasteiger partial charge in [-0.05, 0) is 43.7 Å². The number of aromatic nitrogens is 2. The van der Waals surface area contributed by atoms with E-state index in [9.17, 15) is 0 Å². The summed E-state index contributed by atoms with van der Waals surface area (Å²) in [5.41, 5.74) is 13.5. The first kappa shape index (κ1) is 9.40. The van der Waals surface area contributed by atoms with Crippen LogP contribution in [0, 0.1) is 0 Å². The highest BCUT2D eigenvalue weighted by Gasteiger charge is 2.20. The summed E-state index contributed by atoms with van der Waals surface area (Å²) in [7, 11) is 0. The number of fused-ring (bicyclic) bond motifs is 1. The summed E-state index contributed by atoms with van der Waals surface area (Å²) in [6.45, 7) is 0.731. The van der Waals surface area contributed by atoms with Crippen LogP contribution < -0.4 is 11.5 Å². The molecule has 0 bridgehead atoms. The van der Waals surface area contributed by atoms with Crippen LogP contribution in [-0.4, -0.2) is 16.5 Å². The maximum atomic E-state index is 5.58. The predicted octanol–water partition coefficient (Wildman–Crippen LogP) is 0.827. The second-order valence-electron chi connectivity index (χ2n) is 3.80. The number of aryl methyl sites for hydroxylation is 1. The third-order valence-corrected chi connectivity index (χ3v) is 2.84. The maximum absolute atomic E-state index is 5.58. The molecule has 0 aromatic carbocycles. The van der Waals surface area contributed by atoms with Crippen molar-refractivity contribution >= 4 is 5.95 Å². The van der Waals surface area contributed by atoms with E-state index in [-0.39, 0.29) is 0 Å². The van der Waals surface area contributed by atoms with Crippen molar-refractivity contribution in [1.29, 1.82) is 0 Å². The Balaban J connectivity index is 2.30. The molecular weight excluding hydrogens is 176 g/mol. The van der Waals surface area contributed by atoms with E-state index in [1.54, 1.807) is 0 Å². The van der Waals surface area contributed by atoms with Gasteiger partial charge < -0.3 is 11.5 Å². The molecule has 0 amide bonds. The van der Waals surface area contributed by atoms with Crippen LogP contribution in [0.25, 0.3) is 0 Å². The second-order valence-corrected chi connectivity index (χ2v) is 3.80. The van der Waals surface area contributed by atoms with Gasteiger partial charge in [0.05, 0.1) is 0 Å². The Bertz CT molecular complexity index is 324. The van der Waals surface area contributed by atoms with Crippen LogP contribution in [0.2, 0.25) is 0 Å². The molecule has 0 saturated carbocycles. The summed E-state index contributed by atoms with van der Waals surface area (Å²) in [6.07, 6.45) is 6.33. The molecule has 1 aromatic heterocycles. The lowest BCUT2D eigenvalue weighted by Crippen LogP contribution is -2.16. The van der Waals surface area contributed by atoms with E-state index < -0.39 is 0 Å². The van der Waals surface area contributed by atoms with E-state index in [1.807, 2.05) is 6.20 Å². The molecule has 1 aliphatic carbocycles. The third kappa shape index (κ3) is 1.70. The quantitative estimate of drug-likeness (QED) is 0.727. The average molecular weight is 192 g/mol. The van der Waals surface area contributed by atoms with Crippen molar-refractivity contribution in [1.82, 2.24) is 9.97 Å². The minimum absolute atomic E-state index is 0.386. The fourth-order valence-electron chi connectivity index (χ4n) is 2.16. The van der Waals surface area contributed by atoms with Gasteiger partial charge in [-0.25, -0.2) is 9.97 Å². The van der Waals surface area contributed by atoms with Crippen LogP contribution >= 0.6 is 0 Å². The van der Waals surface area contributed by atoms with Gasteiger partial charge in [0.15, 0.2) is 0 Å². The van der Waals surface area contributed by atoms with E-state index in [2.05, 4.69) is 9.97 Å². The summed E-state index contributed by atoms with van der Waals surface area (Å²) in [4.78, 5) is 8.32. The Morgan fingerprint density at radius 3 is 3.14 bits per heavy atom. The highest BCUT2D eigenvalue weighted by molar-refractivity contribution is 5.29. The molecule has 1 unspecified atom stereocenters. The summed E-state index contributed by atoms with van der Waals surface area (Å²) in [6, 6.07) is 0. The molecule has 4 N–H and O–H groups in total. The minimum Gasteiger partial charge on any atom is -0.368 e. The van der Waals surface area contributed by atoms with E-state index in [0.717, 1.165) is 25.1 Å². The lowest BCUT2D eigenvalue weighted by Gasteiger charge is -2.23. The van der Waals surface area contributed by atoms with Gasteiger partial charge in [0.2, 0.25) is 5.95 Å². The normalized spacial score (nSPS) is 20.5. The molecular formula is C10H16N4. The molecule has 1 atom stereocenters. The SMILES string of the molecule is NCCC1CCCc2nc(N)ncc21. The van der Waals surface area contributed by atoms with Crippen molar-refractivity contribution in [2.24, 2.45) is 5.73 Å². The van der Waals surface area contributed by atoms with Crippen LogP contribution in [-0.2, 0) is 6.42 Å². The third-order valence-electron chi connectivity index (χ3n) is 2.84. The predicted molar refractivity (Wildman–Crippen MR) is 55.8 cm³/mol. The number of hydrogen-bond donors (Lipinski definition) is 2. The van der Waals surface area contributed by atoms with Crippen LogP contribution in [0.5, 0.6) is 0 Å². The molecule has 0 fully saturated rings. The highest BCUT2D eigenvalue weighted by atomic mass is 15.0. The van der Waals surface area contributed by atoms with Crippen molar-refractivity contribution in [3.05, 3.63) is 17.5 Å². The first-order valence-corrected chi connectivity index (χ1v) is 5.12. The van der Waals surface area contributed by atoms with Gasteiger partial charge in [-0.2, -0.15) is 0 Å². The molecule has 0 aliphatic heterocycles. The fraction of sp³-hybridized carbons (Fsp3) is 0.600. The van der Waals surface area contributed by atoms with E-state index >= 15 is 0 Å². The standard InChI is InChI=1S/C10H16N4/c11-5-4-7-2-1-3-9-8(7)6-13-10(12)14-9/h6-7H,1-5,11H2,(H2,12,13,14). The zero-order chi connectivity index (χ0) is 9.97. The molecule has 0 saturated heterocycles. The molecule has 0 radical (unpaired) electrons. The number of nitrogens with zero attached hydrogens (tertiary/aromatic N) is 2. The number of nitrogen functional groups attached to an aromatic ring is 1. The lowest BCUT2D eigenvalue weighted by molar-refractivity contribution is 0.516. The van der Waals surface area contributed by atoms with E-state index in [0.29, 0.717) is 11.9 Å². The minimum atomic E-state index is 0.386.